The minimum absolute atomic E-state index is 0.596. The molecule has 0 spiro atoms. The van der Waals surface area contributed by atoms with Gasteiger partial charge in [0.1, 0.15) is 0 Å². The second kappa shape index (κ2) is 4.94. The minimum Gasteiger partial charge on any atom is -0.481 e. The summed E-state index contributed by atoms with van der Waals surface area (Å²) in [6, 6.07) is 15.8. The Kier molecular flexibility index (Phi) is 2.98. The van der Waals surface area contributed by atoms with Gasteiger partial charge >= 0.3 is 0 Å². The average molecular weight is 251 g/mol. The molecule has 0 bridgehead atoms. The van der Waals surface area contributed by atoms with E-state index in [1.54, 1.807) is 19.5 Å². The summed E-state index contributed by atoms with van der Waals surface area (Å²) in [5.74, 6) is 0.596. The van der Waals surface area contributed by atoms with Crippen molar-refractivity contribution in [1.82, 2.24) is 14.8 Å². The van der Waals surface area contributed by atoms with Crippen LogP contribution in [-0.2, 0) is 0 Å². The molecule has 2 heterocycles. The van der Waals surface area contributed by atoms with Gasteiger partial charge in [-0.15, -0.1) is 0 Å². The summed E-state index contributed by atoms with van der Waals surface area (Å²) in [7, 11) is 1.61. The SMILES string of the molecule is COc1cc(-c2ccnn2-c2ccccc2)ccn1. The van der Waals surface area contributed by atoms with Gasteiger partial charge in [-0.3, -0.25) is 0 Å². The lowest BCUT2D eigenvalue weighted by Gasteiger charge is -2.08. The number of benzene rings is 1. The summed E-state index contributed by atoms with van der Waals surface area (Å²) in [6.07, 6.45) is 3.52. The maximum absolute atomic E-state index is 5.16. The van der Waals surface area contributed by atoms with E-state index in [2.05, 4.69) is 10.1 Å². The highest BCUT2D eigenvalue weighted by Gasteiger charge is 2.08. The fourth-order valence-corrected chi connectivity index (χ4v) is 1.98. The summed E-state index contributed by atoms with van der Waals surface area (Å²) in [5.41, 5.74) is 3.05. The van der Waals surface area contributed by atoms with Crippen LogP contribution in [0.2, 0.25) is 0 Å². The molecule has 0 radical (unpaired) electrons. The zero-order valence-corrected chi connectivity index (χ0v) is 10.5. The molecule has 0 saturated heterocycles. The molecule has 0 aliphatic carbocycles. The first-order valence-electron chi connectivity index (χ1n) is 5.98. The van der Waals surface area contributed by atoms with Gasteiger partial charge in [0.2, 0.25) is 5.88 Å². The van der Waals surface area contributed by atoms with Gasteiger partial charge in [-0.1, -0.05) is 18.2 Å². The Labute approximate surface area is 111 Å². The van der Waals surface area contributed by atoms with Crippen LogP contribution < -0.4 is 4.74 Å². The van der Waals surface area contributed by atoms with Gasteiger partial charge in [-0.2, -0.15) is 5.10 Å². The summed E-state index contributed by atoms with van der Waals surface area (Å²) in [4.78, 5) is 4.12. The molecule has 0 N–H and O–H groups in total. The van der Waals surface area contributed by atoms with Crippen LogP contribution in [0.5, 0.6) is 5.88 Å². The normalized spacial score (nSPS) is 10.4. The summed E-state index contributed by atoms with van der Waals surface area (Å²) in [5, 5.41) is 4.37. The predicted octanol–water partition coefficient (Wildman–Crippen LogP) is 2.94. The Morgan fingerprint density at radius 1 is 1.00 bits per heavy atom. The Bertz CT molecular complexity index is 677. The molecule has 0 aliphatic rings. The number of pyridine rings is 1. The molecule has 94 valence electrons. The van der Waals surface area contributed by atoms with E-state index < -0.39 is 0 Å². The molecular formula is C15H13N3O. The van der Waals surface area contributed by atoms with Crippen LogP contribution in [0.25, 0.3) is 16.9 Å². The quantitative estimate of drug-likeness (QED) is 0.718. The molecule has 3 aromatic rings. The molecule has 4 nitrogen and oxygen atoms in total. The third kappa shape index (κ3) is 2.20. The van der Waals surface area contributed by atoms with Crippen LogP contribution in [0.15, 0.2) is 60.9 Å². The van der Waals surface area contributed by atoms with Gasteiger partial charge in [0.25, 0.3) is 0 Å². The minimum atomic E-state index is 0.596. The lowest BCUT2D eigenvalue weighted by Crippen LogP contribution is -1.98. The lowest BCUT2D eigenvalue weighted by molar-refractivity contribution is 0.398. The zero-order chi connectivity index (χ0) is 13.1. The van der Waals surface area contributed by atoms with Crippen LogP contribution in [0.3, 0.4) is 0 Å². The van der Waals surface area contributed by atoms with E-state index in [0.29, 0.717) is 5.88 Å². The van der Waals surface area contributed by atoms with Crippen LogP contribution >= 0.6 is 0 Å². The highest BCUT2D eigenvalue weighted by molar-refractivity contribution is 5.62. The van der Waals surface area contributed by atoms with Crippen LogP contribution in [-0.4, -0.2) is 21.9 Å². The van der Waals surface area contributed by atoms with Gasteiger partial charge in [0.15, 0.2) is 0 Å². The van der Waals surface area contributed by atoms with Gasteiger partial charge < -0.3 is 4.74 Å². The molecule has 0 aliphatic heterocycles. The van der Waals surface area contributed by atoms with Crippen molar-refractivity contribution in [1.29, 1.82) is 0 Å². The summed E-state index contributed by atoms with van der Waals surface area (Å²) in [6.45, 7) is 0. The first kappa shape index (κ1) is 11.5. The first-order valence-corrected chi connectivity index (χ1v) is 5.98. The van der Waals surface area contributed by atoms with Gasteiger partial charge in [-0.05, 0) is 24.3 Å². The van der Waals surface area contributed by atoms with E-state index in [9.17, 15) is 0 Å². The molecule has 0 atom stereocenters. The van der Waals surface area contributed by atoms with Crippen molar-refractivity contribution in [2.75, 3.05) is 7.11 Å². The number of methoxy groups -OCH3 is 1. The van der Waals surface area contributed by atoms with Crippen LogP contribution in [0.4, 0.5) is 0 Å². The molecule has 0 unspecified atom stereocenters. The van der Waals surface area contributed by atoms with E-state index in [-0.39, 0.29) is 0 Å². The predicted molar refractivity (Wildman–Crippen MR) is 73.3 cm³/mol. The second-order valence-corrected chi connectivity index (χ2v) is 4.05. The molecule has 0 amide bonds. The van der Waals surface area contributed by atoms with Crippen molar-refractivity contribution in [2.45, 2.75) is 0 Å². The molecular weight excluding hydrogens is 238 g/mol. The monoisotopic (exact) mass is 251 g/mol. The van der Waals surface area contributed by atoms with Gasteiger partial charge in [-0.25, -0.2) is 9.67 Å². The lowest BCUT2D eigenvalue weighted by atomic mass is 10.2. The fraction of sp³-hybridized carbons (Fsp3) is 0.0667. The number of rotatable bonds is 3. The molecule has 4 heteroatoms. The number of hydrogen-bond donors (Lipinski definition) is 0. The highest BCUT2D eigenvalue weighted by atomic mass is 16.5. The van der Waals surface area contributed by atoms with Crippen molar-refractivity contribution in [3.8, 4) is 22.8 Å². The Balaban J connectivity index is 2.09. The van der Waals surface area contributed by atoms with E-state index in [1.807, 2.05) is 53.2 Å². The standard InChI is InChI=1S/C15H13N3O/c1-19-15-11-12(7-9-16-15)14-8-10-17-18(14)13-5-3-2-4-6-13/h2-11H,1H3. The van der Waals surface area contributed by atoms with E-state index >= 15 is 0 Å². The third-order valence-electron chi connectivity index (χ3n) is 2.88. The van der Waals surface area contributed by atoms with Crippen molar-refractivity contribution in [3.63, 3.8) is 0 Å². The number of nitrogens with zero attached hydrogens (tertiary/aromatic N) is 3. The molecule has 3 rings (SSSR count). The topological polar surface area (TPSA) is 39.9 Å². The molecule has 2 aromatic heterocycles. The van der Waals surface area contributed by atoms with E-state index in [0.717, 1.165) is 16.9 Å². The molecule has 19 heavy (non-hydrogen) atoms. The van der Waals surface area contributed by atoms with Gasteiger partial charge in [0.05, 0.1) is 24.7 Å². The molecule has 0 fully saturated rings. The molecule has 0 saturated carbocycles. The zero-order valence-electron chi connectivity index (χ0n) is 10.5. The molecule has 1 aromatic carbocycles. The maximum Gasteiger partial charge on any atom is 0.213 e. The summed E-state index contributed by atoms with van der Waals surface area (Å²) >= 11 is 0. The Hall–Kier alpha value is -2.62. The summed E-state index contributed by atoms with van der Waals surface area (Å²) < 4.78 is 7.06. The fourth-order valence-electron chi connectivity index (χ4n) is 1.98. The van der Waals surface area contributed by atoms with E-state index in [4.69, 9.17) is 4.74 Å². The maximum atomic E-state index is 5.16. The smallest absolute Gasteiger partial charge is 0.213 e. The van der Waals surface area contributed by atoms with Crippen molar-refractivity contribution in [3.05, 3.63) is 60.9 Å². The average Bonchev–Trinajstić information content (AvgIpc) is 2.98. The number of aromatic nitrogens is 3. The number of ether oxygens (including phenoxy) is 1. The van der Waals surface area contributed by atoms with Crippen molar-refractivity contribution < 1.29 is 4.74 Å². The van der Waals surface area contributed by atoms with E-state index in [1.165, 1.54) is 0 Å². The van der Waals surface area contributed by atoms with Crippen LogP contribution in [0, 0.1) is 0 Å². The second-order valence-electron chi connectivity index (χ2n) is 4.05. The Morgan fingerprint density at radius 3 is 2.63 bits per heavy atom. The highest BCUT2D eigenvalue weighted by Crippen LogP contribution is 2.24. The van der Waals surface area contributed by atoms with Crippen LogP contribution in [0.1, 0.15) is 0 Å². The van der Waals surface area contributed by atoms with Gasteiger partial charge in [0, 0.05) is 17.8 Å². The largest absolute Gasteiger partial charge is 0.481 e. The van der Waals surface area contributed by atoms with Crippen molar-refractivity contribution >= 4 is 0 Å². The number of hydrogen-bond acceptors (Lipinski definition) is 3. The Morgan fingerprint density at radius 2 is 1.84 bits per heavy atom. The first-order chi connectivity index (χ1) is 9.38. The number of para-hydroxylation sites is 1. The van der Waals surface area contributed by atoms with Crippen molar-refractivity contribution in [2.24, 2.45) is 0 Å². The third-order valence-corrected chi connectivity index (χ3v) is 2.88.